The molecule has 0 bridgehead atoms. The number of benzene rings is 2. The Labute approximate surface area is 272 Å². The molecule has 2 saturated heterocycles. The highest BCUT2D eigenvalue weighted by Gasteiger charge is 2.45. The second-order valence-corrected chi connectivity index (χ2v) is 12.4. The van der Waals surface area contributed by atoms with Crippen LogP contribution in [0.15, 0.2) is 48.5 Å². The molecule has 3 aliphatic rings. The molecule has 3 aromatic rings. The summed E-state index contributed by atoms with van der Waals surface area (Å²) in [5.41, 5.74) is -0.308. The molecule has 14 heteroatoms. The third-order valence-corrected chi connectivity index (χ3v) is 9.03. The van der Waals surface area contributed by atoms with E-state index in [4.69, 9.17) is 14.2 Å². The summed E-state index contributed by atoms with van der Waals surface area (Å²) >= 11 is 0. The quantitative estimate of drug-likeness (QED) is 0.136. The van der Waals surface area contributed by atoms with E-state index in [1.54, 1.807) is 37.3 Å². The molecular formula is C34H33F6N3O5. The van der Waals surface area contributed by atoms with E-state index < -0.39 is 54.8 Å². The van der Waals surface area contributed by atoms with Gasteiger partial charge in [0, 0.05) is 11.1 Å². The zero-order chi connectivity index (χ0) is 34.4. The van der Waals surface area contributed by atoms with Crippen molar-refractivity contribution < 1.29 is 50.1 Å². The molecule has 2 aliphatic heterocycles. The molecule has 0 unspecified atom stereocenters. The van der Waals surface area contributed by atoms with Crippen LogP contribution in [-0.2, 0) is 22.3 Å². The molecule has 1 saturated carbocycles. The van der Waals surface area contributed by atoms with Crippen molar-refractivity contribution in [3.63, 3.8) is 0 Å². The van der Waals surface area contributed by atoms with E-state index in [0.29, 0.717) is 22.9 Å². The Morgan fingerprint density at radius 2 is 1.75 bits per heavy atom. The van der Waals surface area contributed by atoms with Crippen LogP contribution in [0.2, 0.25) is 0 Å². The molecule has 3 heterocycles. The van der Waals surface area contributed by atoms with E-state index in [-0.39, 0.29) is 41.3 Å². The van der Waals surface area contributed by atoms with Crippen LogP contribution in [0.3, 0.4) is 0 Å². The lowest BCUT2D eigenvalue weighted by Crippen LogP contribution is -2.56. The highest BCUT2D eigenvalue weighted by Crippen LogP contribution is 2.41. The van der Waals surface area contributed by atoms with Gasteiger partial charge in [-0.3, -0.25) is 9.69 Å². The molecule has 0 radical (unpaired) electrons. The maximum atomic E-state index is 14.3. The number of rotatable bonds is 8. The molecule has 6 rings (SSSR count). The standard InChI is InChI=1S/C34H33F6N3O5/c1-19-30(21-12-22(34(38,39)40)14-23(35)13-21)48-32(45)43(19)16-27-25(9-11-29(41-27)42-17-33(36,37)18-42)26-15-24(8-10-28(26)46-2)47-31(44)20-6-4-3-5-7-20/h8-15,19-20,30H,3-7,16-18H2,1-2H3/t19-,30-/m0/s1. The van der Waals surface area contributed by atoms with Crippen molar-refractivity contribution in [2.45, 2.75) is 69.8 Å². The Kier molecular flexibility index (Phi) is 8.94. The Morgan fingerprint density at radius 3 is 2.42 bits per heavy atom. The van der Waals surface area contributed by atoms with E-state index in [0.717, 1.165) is 44.2 Å². The number of nitrogens with zero attached hydrogens (tertiary/aromatic N) is 3. The number of ether oxygens (including phenoxy) is 3. The Morgan fingerprint density at radius 1 is 1.02 bits per heavy atom. The molecule has 1 aliphatic carbocycles. The Bertz CT molecular complexity index is 1700. The Hall–Kier alpha value is -4.49. The summed E-state index contributed by atoms with van der Waals surface area (Å²) in [6.45, 7) is 0.180. The first kappa shape index (κ1) is 33.4. The lowest BCUT2D eigenvalue weighted by molar-refractivity contribution is -0.140. The monoisotopic (exact) mass is 677 g/mol. The molecule has 0 spiro atoms. The van der Waals surface area contributed by atoms with E-state index in [1.807, 2.05) is 0 Å². The first-order valence-corrected chi connectivity index (χ1v) is 15.6. The SMILES string of the molecule is COc1ccc(OC(=O)C2CCCCC2)cc1-c1ccc(N2CC(F)(F)C2)nc1CN1C(=O)O[C@H](c2cc(F)cc(C(F)(F)F)c2)[C@@H]1C. The number of carbonyl (C=O) groups excluding carboxylic acids is 2. The van der Waals surface area contributed by atoms with Crippen LogP contribution in [0.25, 0.3) is 11.1 Å². The van der Waals surface area contributed by atoms with Crippen LogP contribution < -0.4 is 14.4 Å². The average Bonchev–Trinajstić information content (AvgIpc) is 3.31. The van der Waals surface area contributed by atoms with E-state index >= 15 is 0 Å². The number of anilines is 1. The smallest absolute Gasteiger partial charge is 0.416 e. The molecular weight excluding hydrogens is 644 g/mol. The van der Waals surface area contributed by atoms with Crippen molar-refractivity contribution >= 4 is 17.9 Å². The zero-order valence-corrected chi connectivity index (χ0v) is 26.2. The van der Waals surface area contributed by atoms with Crippen molar-refractivity contribution in [3.8, 4) is 22.6 Å². The minimum absolute atomic E-state index is 0.176. The second-order valence-electron chi connectivity index (χ2n) is 12.4. The van der Waals surface area contributed by atoms with Gasteiger partial charge in [0.05, 0.1) is 50.0 Å². The first-order chi connectivity index (χ1) is 22.7. The molecule has 8 nitrogen and oxygen atoms in total. The van der Waals surface area contributed by atoms with E-state index in [9.17, 15) is 35.9 Å². The number of alkyl halides is 5. The van der Waals surface area contributed by atoms with Crippen LogP contribution in [0.5, 0.6) is 11.5 Å². The molecule has 2 atom stereocenters. The summed E-state index contributed by atoms with van der Waals surface area (Å²) in [5, 5.41) is 0. The van der Waals surface area contributed by atoms with Gasteiger partial charge in [-0.2, -0.15) is 13.2 Å². The van der Waals surface area contributed by atoms with Gasteiger partial charge in [-0.25, -0.2) is 22.9 Å². The third-order valence-electron chi connectivity index (χ3n) is 9.03. The van der Waals surface area contributed by atoms with Gasteiger partial charge < -0.3 is 19.1 Å². The fourth-order valence-electron chi connectivity index (χ4n) is 6.47. The maximum absolute atomic E-state index is 14.3. The van der Waals surface area contributed by atoms with Gasteiger partial charge >= 0.3 is 18.2 Å². The number of aromatic nitrogens is 1. The zero-order valence-electron chi connectivity index (χ0n) is 26.2. The number of halogens is 6. The molecule has 0 N–H and O–H groups in total. The number of cyclic esters (lactones) is 1. The molecule has 2 aromatic carbocycles. The molecule has 1 aromatic heterocycles. The Balaban J connectivity index is 1.34. The number of hydrogen-bond acceptors (Lipinski definition) is 7. The van der Waals surface area contributed by atoms with Crippen molar-refractivity contribution in [2.75, 3.05) is 25.1 Å². The number of pyridine rings is 1. The lowest BCUT2D eigenvalue weighted by Gasteiger charge is -2.39. The van der Waals surface area contributed by atoms with Crippen molar-refractivity contribution in [1.29, 1.82) is 0 Å². The van der Waals surface area contributed by atoms with Crippen LogP contribution >= 0.6 is 0 Å². The van der Waals surface area contributed by atoms with Gasteiger partial charge in [-0.05, 0) is 73.9 Å². The van der Waals surface area contributed by atoms with Crippen molar-refractivity contribution in [2.24, 2.45) is 5.92 Å². The molecule has 256 valence electrons. The van der Waals surface area contributed by atoms with Gasteiger partial charge in [-0.1, -0.05) is 19.3 Å². The van der Waals surface area contributed by atoms with Gasteiger partial charge in [0.15, 0.2) is 0 Å². The second kappa shape index (κ2) is 12.8. The number of esters is 1. The van der Waals surface area contributed by atoms with Crippen LogP contribution in [0.1, 0.15) is 62.0 Å². The van der Waals surface area contributed by atoms with Gasteiger partial charge in [-0.15, -0.1) is 0 Å². The molecule has 1 amide bonds. The number of amides is 1. The van der Waals surface area contributed by atoms with Gasteiger partial charge in [0.25, 0.3) is 5.92 Å². The van der Waals surface area contributed by atoms with Crippen LogP contribution in [0, 0.1) is 11.7 Å². The van der Waals surface area contributed by atoms with Crippen molar-refractivity contribution in [3.05, 3.63) is 71.2 Å². The molecule has 3 fully saturated rings. The molecule has 48 heavy (non-hydrogen) atoms. The van der Waals surface area contributed by atoms with E-state index in [2.05, 4.69) is 4.98 Å². The topological polar surface area (TPSA) is 81.2 Å². The van der Waals surface area contributed by atoms with Crippen molar-refractivity contribution in [1.82, 2.24) is 9.88 Å². The predicted octanol–water partition coefficient (Wildman–Crippen LogP) is 7.94. The normalized spacial score (nSPS) is 21.1. The summed E-state index contributed by atoms with van der Waals surface area (Å²) in [6.07, 6.45) is -2.52. The summed E-state index contributed by atoms with van der Waals surface area (Å²) in [6, 6.07) is 9.07. The van der Waals surface area contributed by atoms with Gasteiger partial charge in [0.1, 0.15) is 29.2 Å². The maximum Gasteiger partial charge on any atom is 0.416 e. The fraction of sp³-hybridized carbons (Fsp3) is 0.441. The third kappa shape index (κ3) is 6.88. The average molecular weight is 678 g/mol. The predicted molar refractivity (Wildman–Crippen MR) is 161 cm³/mol. The van der Waals surface area contributed by atoms with Gasteiger partial charge in [0.2, 0.25) is 0 Å². The highest BCUT2D eigenvalue weighted by molar-refractivity contribution is 5.79. The summed E-state index contributed by atoms with van der Waals surface area (Å²) < 4.78 is 98.9. The summed E-state index contributed by atoms with van der Waals surface area (Å²) in [7, 11) is 1.44. The minimum atomic E-state index is -4.83. The number of methoxy groups -OCH3 is 1. The summed E-state index contributed by atoms with van der Waals surface area (Å²) in [5.74, 6) is -3.75. The number of hydrogen-bond donors (Lipinski definition) is 0. The summed E-state index contributed by atoms with van der Waals surface area (Å²) in [4.78, 5) is 33.3. The highest BCUT2D eigenvalue weighted by atomic mass is 19.4. The lowest BCUT2D eigenvalue weighted by atomic mass is 9.89. The number of carbonyl (C=O) groups is 2. The first-order valence-electron chi connectivity index (χ1n) is 15.6. The fourth-order valence-corrected chi connectivity index (χ4v) is 6.47. The van der Waals surface area contributed by atoms with Crippen LogP contribution in [-0.4, -0.2) is 54.1 Å². The van der Waals surface area contributed by atoms with E-state index in [1.165, 1.54) is 16.9 Å². The largest absolute Gasteiger partial charge is 0.496 e. The minimum Gasteiger partial charge on any atom is -0.496 e. The van der Waals surface area contributed by atoms with Crippen LogP contribution in [0.4, 0.5) is 37.0 Å².